The minimum atomic E-state index is -0.0909. The fourth-order valence-electron chi connectivity index (χ4n) is 3.73. The van der Waals surface area contributed by atoms with E-state index in [0.717, 1.165) is 36.2 Å². The number of imidazole rings is 1. The number of pyridine rings is 1. The monoisotopic (exact) mass is 412 g/mol. The second kappa shape index (κ2) is 9.56. The topological polar surface area (TPSA) is 59.8 Å². The van der Waals surface area contributed by atoms with Gasteiger partial charge in [0.1, 0.15) is 5.82 Å². The maximum atomic E-state index is 12.2. The largest absolute Gasteiger partial charge is 0.352 e. The van der Waals surface area contributed by atoms with Gasteiger partial charge in [-0.2, -0.15) is 0 Å². The molecular weight excluding hydrogens is 384 g/mol. The van der Waals surface area contributed by atoms with E-state index in [1.54, 1.807) is 24.5 Å². The number of hydrogen-bond acceptors (Lipinski definition) is 3. The van der Waals surface area contributed by atoms with Crippen LogP contribution in [-0.2, 0) is 13.0 Å². The molecule has 0 spiro atoms. The van der Waals surface area contributed by atoms with Gasteiger partial charge in [-0.1, -0.05) is 50.2 Å². The molecule has 158 valence electrons. The van der Waals surface area contributed by atoms with Gasteiger partial charge >= 0.3 is 0 Å². The van der Waals surface area contributed by atoms with Crippen molar-refractivity contribution in [3.63, 3.8) is 0 Å². The van der Waals surface area contributed by atoms with E-state index in [9.17, 15) is 4.79 Å². The molecule has 0 radical (unpaired) electrons. The van der Waals surface area contributed by atoms with Crippen LogP contribution in [0.25, 0.3) is 11.0 Å². The summed E-state index contributed by atoms with van der Waals surface area (Å²) >= 11 is 0. The van der Waals surface area contributed by atoms with E-state index in [1.807, 2.05) is 6.07 Å². The Morgan fingerprint density at radius 1 is 1.03 bits per heavy atom. The van der Waals surface area contributed by atoms with E-state index >= 15 is 0 Å². The first-order valence-electron chi connectivity index (χ1n) is 10.8. The molecule has 5 heteroatoms. The van der Waals surface area contributed by atoms with Crippen molar-refractivity contribution in [2.45, 2.75) is 39.2 Å². The molecule has 0 aliphatic rings. The quantitative estimate of drug-likeness (QED) is 0.416. The second-order valence-electron chi connectivity index (χ2n) is 8.10. The number of hydrogen-bond donors (Lipinski definition) is 1. The minimum Gasteiger partial charge on any atom is -0.352 e. The van der Waals surface area contributed by atoms with Gasteiger partial charge in [0.05, 0.1) is 16.6 Å². The third kappa shape index (κ3) is 5.00. The standard InChI is InChI=1S/C26H28N4O/c1-19(2)21-13-11-20(12-14-21)18-30-24-9-4-3-8-23(24)29-25(30)10-6-16-28-26(31)22-7-5-15-27-17-22/h3-5,7-9,11-15,17,19H,6,10,16,18H2,1-2H3,(H,28,31). The first-order valence-corrected chi connectivity index (χ1v) is 10.8. The van der Waals surface area contributed by atoms with Crippen LogP contribution < -0.4 is 5.32 Å². The minimum absolute atomic E-state index is 0.0909. The Morgan fingerprint density at radius 3 is 2.58 bits per heavy atom. The molecule has 0 aliphatic carbocycles. The van der Waals surface area contributed by atoms with Crippen molar-refractivity contribution in [2.24, 2.45) is 0 Å². The number of nitrogens with one attached hydrogen (secondary N) is 1. The summed E-state index contributed by atoms with van der Waals surface area (Å²) in [4.78, 5) is 21.1. The molecule has 0 unspecified atom stereocenters. The lowest BCUT2D eigenvalue weighted by Gasteiger charge is -2.11. The van der Waals surface area contributed by atoms with Crippen molar-refractivity contribution < 1.29 is 4.79 Å². The number of rotatable bonds is 8. The molecule has 1 amide bonds. The maximum absolute atomic E-state index is 12.2. The van der Waals surface area contributed by atoms with Crippen LogP contribution >= 0.6 is 0 Å². The molecule has 4 aromatic rings. The summed E-state index contributed by atoms with van der Waals surface area (Å²) in [5.74, 6) is 1.48. The zero-order valence-corrected chi connectivity index (χ0v) is 18.1. The number of carbonyl (C=O) groups excluding carboxylic acids is 1. The van der Waals surface area contributed by atoms with E-state index in [4.69, 9.17) is 4.98 Å². The molecule has 0 bridgehead atoms. The number of aryl methyl sites for hydroxylation is 1. The van der Waals surface area contributed by atoms with Crippen molar-refractivity contribution in [1.82, 2.24) is 19.9 Å². The second-order valence-corrected chi connectivity index (χ2v) is 8.10. The zero-order valence-electron chi connectivity index (χ0n) is 18.1. The molecule has 4 rings (SSSR count). The van der Waals surface area contributed by atoms with Crippen molar-refractivity contribution in [3.05, 3.63) is 95.6 Å². The number of carbonyl (C=O) groups is 1. The smallest absolute Gasteiger partial charge is 0.252 e. The molecule has 0 atom stereocenters. The summed E-state index contributed by atoms with van der Waals surface area (Å²) in [6.07, 6.45) is 4.87. The highest BCUT2D eigenvalue weighted by atomic mass is 16.1. The number of benzene rings is 2. The van der Waals surface area contributed by atoms with E-state index in [-0.39, 0.29) is 5.91 Å². The Hall–Kier alpha value is -3.47. The van der Waals surface area contributed by atoms with Crippen LogP contribution in [0.2, 0.25) is 0 Å². The molecule has 2 heterocycles. The van der Waals surface area contributed by atoms with Gasteiger partial charge in [-0.25, -0.2) is 4.98 Å². The van der Waals surface area contributed by atoms with Crippen LogP contribution in [0.5, 0.6) is 0 Å². The molecule has 2 aromatic heterocycles. The fraction of sp³-hybridized carbons (Fsp3) is 0.269. The number of fused-ring (bicyclic) bond motifs is 1. The number of nitrogens with zero attached hydrogens (tertiary/aromatic N) is 3. The first-order chi connectivity index (χ1) is 15.1. The number of amides is 1. The first kappa shape index (κ1) is 20.8. The third-order valence-electron chi connectivity index (χ3n) is 5.51. The van der Waals surface area contributed by atoms with Gasteiger partial charge in [-0.3, -0.25) is 9.78 Å². The van der Waals surface area contributed by atoms with E-state index in [0.29, 0.717) is 18.0 Å². The van der Waals surface area contributed by atoms with Gasteiger partial charge in [-0.05, 0) is 47.7 Å². The predicted molar refractivity (Wildman–Crippen MR) is 124 cm³/mol. The molecule has 31 heavy (non-hydrogen) atoms. The average molecular weight is 413 g/mol. The van der Waals surface area contributed by atoms with Crippen LogP contribution in [0.4, 0.5) is 0 Å². The van der Waals surface area contributed by atoms with Crippen molar-refractivity contribution in [2.75, 3.05) is 6.54 Å². The maximum Gasteiger partial charge on any atom is 0.252 e. The molecule has 1 N–H and O–H groups in total. The highest BCUT2D eigenvalue weighted by molar-refractivity contribution is 5.93. The molecular formula is C26H28N4O. The lowest BCUT2D eigenvalue weighted by atomic mass is 10.0. The summed E-state index contributed by atoms with van der Waals surface area (Å²) in [6, 6.07) is 20.6. The normalized spacial score (nSPS) is 11.2. The molecule has 0 fully saturated rings. The van der Waals surface area contributed by atoms with Crippen LogP contribution in [0, 0.1) is 0 Å². The molecule has 0 aliphatic heterocycles. The lowest BCUT2D eigenvalue weighted by molar-refractivity contribution is 0.0953. The zero-order chi connectivity index (χ0) is 21.6. The Labute approximate surface area is 183 Å². The molecule has 0 saturated carbocycles. The van der Waals surface area contributed by atoms with E-state index < -0.39 is 0 Å². The van der Waals surface area contributed by atoms with Gasteiger partial charge in [-0.15, -0.1) is 0 Å². The molecule has 2 aromatic carbocycles. The Balaban J connectivity index is 1.45. The average Bonchev–Trinajstić information content (AvgIpc) is 3.15. The van der Waals surface area contributed by atoms with Gasteiger partial charge in [0.15, 0.2) is 0 Å². The van der Waals surface area contributed by atoms with Gasteiger partial charge in [0, 0.05) is 31.9 Å². The van der Waals surface area contributed by atoms with Gasteiger partial charge < -0.3 is 9.88 Å². The molecule has 5 nitrogen and oxygen atoms in total. The van der Waals surface area contributed by atoms with E-state index in [1.165, 1.54) is 11.1 Å². The lowest BCUT2D eigenvalue weighted by Crippen LogP contribution is -2.25. The molecule has 0 saturated heterocycles. The van der Waals surface area contributed by atoms with E-state index in [2.05, 4.69) is 71.2 Å². The third-order valence-corrected chi connectivity index (χ3v) is 5.51. The fourth-order valence-corrected chi connectivity index (χ4v) is 3.73. The summed E-state index contributed by atoms with van der Waals surface area (Å²) in [5.41, 5.74) is 5.35. The summed E-state index contributed by atoms with van der Waals surface area (Å²) in [7, 11) is 0. The van der Waals surface area contributed by atoms with Gasteiger partial charge in [0.25, 0.3) is 5.91 Å². The number of aromatic nitrogens is 3. The Morgan fingerprint density at radius 2 is 1.84 bits per heavy atom. The van der Waals surface area contributed by atoms with Crippen LogP contribution in [0.3, 0.4) is 0 Å². The van der Waals surface area contributed by atoms with Crippen LogP contribution in [-0.4, -0.2) is 27.0 Å². The van der Waals surface area contributed by atoms with Crippen LogP contribution in [0.1, 0.15) is 53.5 Å². The van der Waals surface area contributed by atoms with Crippen LogP contribution in [0.15, 0.2) is 73.1 Å². The highest BCUT2D eigenvalue weighted by Crippen LogP contribution is 2.20. The SMILES string of the molecule is CC(C)c1ccc(Cn2c(CCCNC(=O)c3cccnc3)nc3ccccc32)cc1. The number of para-hydroxylation sites is 2. The Bertz CT molecular complexity index is 1150. The van der Waals surface area contributed by atoms with Crippen molar-refractivity contribution in [1.29, 1.82) is 0 Å². The predicted octanol–water partition coefficient (Wildman–Crippen LogP) is 4.97. The Kier molecular flexibility index (Phi) is 6.41. The van der Waals surface area contributed by atoms with Crippen molar-refractivity contribution >= 4 is 16.9 Å². The van der Waals surface area contributed by atoms with Crippen molar-refractivity contribution in [3.8, 4) is 0 Å². The van der Waals surface area contributed by atoms with Gasteiger partial charge in [0.2, 0.25) is 0 Å². The summed E-state index contributed by atoms with van der Waals surface area (Å²) in [6.45, 7) is 5.81. The highest BCUT2D eigenvalue weighted by Gasteiger charge is 2.12. The summed E-state index contributed by atoms with van der Waals surface area (Å²) in [5, 5.41) is 2.97. The summed E-state index contributed by atoms with van der Waals surface area (Å²) < 4.78 is 2.29.